The maximum Gasteiger partial charge on any atom is 0.243 e. The van der Waals surface area contributed by atoms with E-state index in [1.54, 1.807) is 65.4 Å². The van der Waals surface area contributed by atoms with Crippen molar-refractivity contribution in [2.45, 2.75) is 22.3 Å². The molecule has 1 N–H and O–H groups in total. The summed E-state index contributed by atoms with van der Waals surface area (Å²) >= 11 is 14.1. The molecule has 0 spiro atoms. The van der Waals surface area contributed by atoms with Gasteiger partial charge in [-0.3, -0.25) is 9.55 Å². The molecule has 5 aromatic rings. The number of fused-ring (bicyclic) bond motifs is 1. The van der Waals surface area contributed by atoms with Crippen molar-refractivity contribution in [3.8, 4) is 5.69 Å². The molecule has 5 rings (SSSR count). The van der Waals surface area contributed by atoms with Gasteiger partial charge < -0.3 is 0 Å². The highest BCUT2D eigenvalue weighted by Crippen LogP contribution is 2.31. The number of sulfonamides is 1. The van der Waals surface area contributed by atoms with Crippen LogP contribution in [0.4, 0.5) is 4.39 Å². The van der Waals surface area contributed by atoms with Crippen LogP contribution in [-0.2, 0) is 22.3 Å². The summed E-state index contributed by atoms with van der Waals surface area (Å²) in [5.74, 6) is 0.463. The van der Waals surface area contributed by atoms with E-state index in [0.717, 1.165) is 5.56 Å². The van der Waals surface area contributed by atoms with E-state index in [-0.39, 0.29) is 17.3 Å². The molecule has 0 aliphatic carbocycles. The predicted molar refractivity (Wildman–Crippen MR) is 143 cm³/mol. The lowest BCUT2D eigenvalue weighted by molar-refractivity contribution is 0.579. The lowest BCUT2D eigenvalue weighted by Gasteiger charge is -2.13. The number of thioether (sulfide) groups is 1. The molecule has 0 atom stereocenters. The van der Waals surface area contributed by atoms with Crippen molar-refractivity contribution in [2.75, 3.05) is 0 Å². The first-order valence-electron chi connectivity index (χ1n) is 10.9. The van der Waals surface area contributed by atoms with Gasteiger partial charge in [0.2, 0.25) is 10.0 Å². The van der Waals surface area contributed by atoms with E-state index in [4.69, 9.17) is 23.2 Å². The minimum absolute atomic E-state index is 0.0587. The second kappa shape index (κ2) is 10.8. The van der Waals surface area contributed by atoms with Gasteiger partial charge in [-0.15, -0.1) is 10.2 Å². The van der Waals surface area contributed by atoms with E-state index in [1.165, 1.54) is 30.0 Å². The van der Waals surface area contributed by atoms with Gasteiger partial charge in [-0.05, 0) is 48.0 Å². The summed E-state index contributed by atoms with van der Waals surface area (Å²) in [7, 11) is -3.95. The van der Waals surface area contributed by atoms with Gasteiger partial charge in [0.15, 0.2) is 11.0 Å². The number of nitrogens with one attached hydrogen (secondary N) is 1. The summed E-state index contributed by atoms with van der Waals surface area (Å²) in [5, 5.41) is 10.5. The van der Waals surface area contributed by atoms with Gasteiger partial charge in [-0.1, -0.05) is 65.3 Å². The summed E-state index contributed by atoms with van der Waals surface area (Å²) in [6, 6.07) is 19.6. The van der Waals surface area contributed by atoms with E-state index in [9.17, 15) is 12.8 Å². The Kier molecular flexibility index (Phi) is 7.45. The molecule has 0 aliphatic rings. The van der Waals surface area contributed by atoms with Gasteiger partial charge in [-0.25, -0.2) is 17.5 Å². The Bertz CT molecular complexity index is 1690. The fourth-order valence-electron chi connectivity index (χ4n) is 3.67. The fraction of sp³-hybridized carbons (Fsp3) is 0.0800. The average Bonchev–Trinajstić information content (AvgIpc) is 3.31. The highest BCUT2D eigenvalue weighted by atomic mass is 35.5. The van der Waals surface area contributed by atoms with Crippen molar-refractivity contribution in [3.05, 3.63) is 106 Å². The molecule has 0 aliphatic heterocycles. The van der Waals surface area contributed by atoms with Crippen LogP contribution in [0.5, 0.6) is 0 Å². The monoisotopic (exact) mass is 573 g/mol. The first kappa shape index (κ1) is 25.6. The molecule has 0 saturated carbocycles. The Morgan fingerprint density at radius 3 is 2.57 bits per heavy atom. The van der Waals surface area contributed by atoms with Crippen LogP contribution >= 0.6 is 35.0 Å². The van der Waals surface area contributed by atoms with E-state index in [1.807, 2.05) is 0 Å². The number of benzene rings is 3. The fourth-order valence-corrected chi connectivity index (χ4v) is 6.11. The Morgan fingerprint density at radius 1 is 0.973 bits per heavy atom. The van der Waals surface area contributed by atoms with Crippen LogP contribution in [0, 0.1) is 5.82 Å². The normalized spacial score (nSPS) is 11.8. The van der Waals surface area contributed by atoms with Crippen LogP contribution < -0.4 is 4.72 Å². The first-order chi connectivity index (χ1) is 17.8. The summed E-state index contributed by atoms with van der Waals surface area (Å²) < 4.78 is 44.0. The standard InChI is InChI=1S/C25H18Cl2FN5O2S2/c26-18-8-11-20(27)21(13-18)33-23(31-32-25(33)36-15-16-6-9-19(28)10-7-16)14-30-37(34,35)22-5-1-3-17-4-2-12-29-24(17)22/h1-13,30H,14-15H2. The Balaban J connectivity index is 1.47. The van der Waals surface area contributed by atoms with Crippen molar-refractivity contribution in [1.82, 2.24) is 24.5 Å². The number of pyridine rings is 1. The maximum atomic E-state index is 13.3. The Hall–Kier alpha value is -3.02. The molecule has 0 unspecified atom stereocenters. The van der Waals surface area contributed by atoms with E-state index in [0.29, 0.717) is 43.4 Å². The quantitative estimate of drug-likeness (QED) is 0.228. The van der Waals surface area contributed by atoms with Gasteiger partial charge in [0.25, 0.3) is 0 Å². The van der Waals surface area contributed by atoms with Crippen LogP contribution in [-0.4, -0.2) is 28.2 Å². The van der Waals surface area contributed by atoms with Gasteiger partial charge in [0, 0.05) is 22.4 Å². The van der Waals surface area contributed by atoms with Crippen molar-refractivity contribution < 1.29 is 12.8 Å². The van der Waals surface area contributed by atoms with Gasteiger partial charge in [0.1, 0.15) is 10.7 Å². The molecule has 37 heavy (non-hydrogen) atoms. The van der Waals surface area contributed by atoms with Crippen LogP contribution in [0.25, 0.3) is 16.6 Å². The number of para-hydroxylation sites is 1. The second-order valence-electron chi connectivity index (χ2n) is 7.90. The number of hydrogen-bond acceptors (Lipinski definition) is 6. The topological polar surface area (TPSA) is 89.8 Å². The molecular weight excluding hydrogens is 556 g/mol. The number of halogens is 3. The smallest absolute Gasteiger partial charge is 0.243 e. The minimum Gasteiger partial charge on any atom is -0.271 e. The molecule has 0 radical (unpaired) electrons. The average molecular weight is 574 g/mol. The van der Waals surface area contributed by atoms with Gasteiger partial charge >= 0.3 is 0 Å². The summed E-state index contributed by atoms with van der Waals surface area (Å²) in [6.07, 6.45) is 1.55. The largest absolute Gasteiger partial charge is 0.271 e. The second-order valence-corrected chi connectivity index (χ2v) is 11.4. The van der Waals surface area contributed by atoms with Crippen LogP contribution in [0.3, 0.4) is 0 Å². The number of hydrogen-bond donors (Lipinski definition) is 1. The Labute approximate surface area is 226 Å². The number of rotatable bonds is 8. The van der Waals surface area contributed by atoms with E-state index >= 15 is 0 Å². The third-order valence-electron chi connectivity index (χ3n) is 5.44. The Morgan fingerprint density at radius 2 is 1.76 bits per heavy atom. The molecule has 7 nitrogen and oxygen atoms in total. The van der Waals surface area contributed by atoms with Crippen molar-refractivity contribution in [1.29, 1.82) is 0 Å². The summed E-state index contributed by atoms with van der Waals surface area (Å²) in [5.41, 5.74) is 1.75. The van der Waals surface area contributed by atoms with Crippen LogP contribution in [0.1, 0.15) is 11.4 Å². The molecule has 0 fully saturated rings. The molecule has 12 heteroatoms. The summed E-state index contributed by atoms with van der Waals surface area (Å²) in [6.45, 7) is -0.168. The number of aromatic nitrogens is 4. The van der Waals surface area contributed by atoms with E-state index < -0.39 is 10.0 Å². The lowest BCUT2D eigenvalue weighted by Crippen LogP contribution is -2.25. The lowest BCUT2D eigenvalue weighted by atomic mass is 10.2. The molecule has 2 heterocycles. The van der Waals surface area contributed by atoms with Crippen molar-refractivity contribution in [3.63, 3.8) is 0 Å². The summed E-state index contributed by atoms with van der Waals surface area (Å²) in [4.78, 5) is 4.30. The van der Waals surface area contributed by atoms with E-state index in [2.05, 4.69) is 19.9 Å². The minimum atomic E-state index is -3.95. The third-order valence-corrected chi connectivity index (χ3v) is 8.42. The van der Waals surface area contributed by atoms with Crippen LogP contribution in [0.2, 0.25) is 10.0 Å². The molecule has 0 saturated heterocycles. The number of nitrogens with zero attached hydrogens (tertiary/aromatic N) is 4. The third kappa shape index (κ3) is 5.63. The van der Waals surface area contributed by atoms with Crippen molar-refractivity contribution >= 4 is 55.9 Å². The zero-order chi connectivity index (χ0) is 26.0. The van der Waals surface area contributed by atoms with Crippen molar-refractivity contribution in [2.24, 2.45) is 0 Å². The zero-order valence-electron chi connectivity index (χ0n) is 19.0. The highest BCUT2D eigenvalue weighted by molar-refractivity contribution is 7.98. The molecular formula is C25H18Cl2FN5O2S2. The SMILES string of the molecule is O=S(=O)(NCc1nnc(SCc2ccc(F)cc2)n1-c1cc(Cl)ccc1Cl)c1cccc2cccnc12. The molecule has 188 valence electrons. The molecule has 0 bridgehead atoms. The molecule has 0 amide bonds. The molecule has 2 aromatic heterocycles. The van der Waals surface area contributed by atoms with Crippen LogP contribution in [0.15, 0.2) is 89.0 Å². The van der Waals surface area contributed by atoms with Gasteiger partial charge in [-0.2, -0.15) is 0 Å². The highest BCUT2D eigenvalue weighted by Gasteiger charge is 2.22. The predicted octanol–water partition coefficient (Wildman–Crippen LogP) is 6.03. The first-order valence-corrected chi connectivity index (χ1v) is 14.1. The zero-order valence-corrected chi connectivity index (χ0v) is 22.1. The van der Waals surface area contributed by atoms with Gasteiger partial charge in [0.05, 0.1) is 22.8 Å². The molecule has 3 aromatic carbocycles. The maximum absolute atomic E-state index is 13.3.